The van der Waals surface area contributed by atoms with Crippen molar-refractivity contribution in [1.29, 1.82) is 0 Å². The Balaban J connectivity index is 2.03. The van der Waals surface area contributed by atoms with Crippen LogP contribution in [0, 0.1) is 0 Å². The Hall–Kier alpha value is -1.85. The molecule has 0 unspecified atom stereocenters. The van der Waals surface area contributed by atoms with E-state index < -0.39 is 0 Å². The van der Waals surface area contributed by atoms with Crippen LogP contribution in [-0.2, 0) is 18.1 Å². The minimum Gasteiger partial charge on any atom is -0.489 e. The summed E-state index contributed by atoms with van der Waals surface area (Å²) in [5.41, 5.74) is 0.667. The number of benzene rings is 1. The van der Waals surface area contributed by atoms with Gasteiger partial charge in [-0.3, -0.25) is 9.36 Å². The van der Waals surface area contributed by atoms with E-state index in [1.807, 2.05) is 30.3 Å². The van der Waals surface area contributed by atoms with Gasteiger partial charge in [0.1, 0.15) is 13.1 Å². The normalized spacial score (nSPS) is 10.4. The lowest BCUT2D eigenvalue weighted by Gasteiger charge is -2.09. The molecule has 6 heteroatoms. The maximum Gasteiger partial charge on any atom is 0.299 e. The van der Waals surface area contributed by atoms with E-state index in [9.17, 15) is 4.79 Å². The highest BCUT2D eigenvalue weighted by Gasteiger charge is 2.09. The molecule has 100 valence electrons. The van der Waals surface area contributed by atoms with Crippen molar-refractivity contribution in [3.8, 4) is 5.75 Å². The fraction of sp³-hybridized carbons (Fsp3) is 0.231. The molecule has 2 aromatic rings. The molecule has 0 bridgehead atoms. The summed E-state index contributed by atoms with van der Waals surface area (Å²) >= 11 is 5.74. The third kappa shape index (κ3) is 3.33. The number of nitrogens with zero attached hydrogens (tertiary/aromatic N) is 2. The second-order valence-electron chi connectivity index (χ2n) is 3.81. The lowest BCUT2D eigenvalue weighted by Crippen LogP contribution is -2.23. The van der Waals surface area contributed by atoms with Crippen LogP contribution in [0.3, 0.4) is 0 Å². The molecule has 2 rings (SSSR count). The summed E-state index contributed by atoms with van der Waals surface area (Å²) in [5, 5.41) is 0.0480. The topological polar surface area (TPSA) is 53.4 Å². The van der Waals surface area contributed by atoms with Crippen molar-refractivity contribution in [1.82, 2.24) is 9.55 Å². The Labute approximate surface area is 115 Å². The summed E-state index contributed by atoms with van der Waals surface area (Å²) in [7, 11) is 1.37. The van der Waals surface area contributed by atoms with E-state index in [0.29, 0.717) is 6.61 Å². The maximum absolute atomic E-state index is 11.9. The van der Waals surface area contributed by atoms with Crippen molar-refractivity contribution in [3.05, 3.63) is 57.7 Å². The van der Waals surface area contributed by atoms with E-state index in [2.05, 4.69) is 4.98 Å². The molecule has 1 aromatic heterocycles. The van der Waals surface area contributed by atoms with Crippen molar-refractivity contribution in [2.24, 2.45) is 0 Å². The lowest BCUT2D eigenvalue weighted by molar-refractivity contribution is 0.0604. The number of ether oxygens (including phenoxy) is 2. The summed E-state index contributed by atoms with van der Waals surface area (Å²) in [6.07, 6.45) is 1.33. The summed E-state index contributed by atoms with van der Waals surface area (Å²) in [5.74, 6) is 0.0208. The van der Waals surface area contributed by atoms with E-state index >= 15 is 0 Å². The van der Waals surface area contributed by atoms with E-state index in [0.717, 1.165) is 5.56 Å². The first kappa shape index (κ1) is 13.6. The quantitative estimate of drug-likeness (QED) is 0.787. The van der Waals surface area contributed by atoms with Crippen molar-refractivity contribution in [3.63, 3.8) is 0 Å². The predicted octanol–water partition coefficient (Wildman–Crippen LogP) is 2.08. The van der Waals surface area contributed by atoms with E-state index in [-0.39, 0.29) is 23.2 Å². The molecule has 1 aromatic carbocycles. The number of rotatable bonds is 5. The lowest BCUT2D eigenvalue weighted by atomic mass is 10.2. The van der Waals surface area contributed by atoms with Gasteiger partial charge in [0.25, 0.3) is 5.56 Å². The van der Waals surface area contributed by atoms with Crippen molar-refractivity contribution >= 4 is 11.6 Å². The molecule has 0 fully saturated rings. The Morgan fingerprint density at radius 3 is 2.74 bits per heavy atom. The molecule has 0 saturated carbocycles. The van der Waals surface area contributed by atoms with E-state index in [1.54, 1.807) is 0 Å². The minimum atomic E-state index is -0.365. The van der Waals surface area contributed by atoms with Crippen LogP contribution in [0.4, 0.5) is 0 Å². The summed E-state index contributed by atoms with van der Waals surface area (Å²) < 4.78 is 11.6. The number of halogens is 1. The molecule has 0 spiro atoms. The van der Waals surface area contributed by atoms with E-state index in [4.69, 9.17) is 21.1 Å². The van der Waals surface area contributed by atoms with Gasteiger partial charge in [0, 0.05) is 0 Å². The molecule has 1 heterocycles. The third-order valence-electron chi connectivity index (χ3n) is 2.50. The smallest absolute Gasteiger partial charge is 0.299 e. The van der Waals surface area contributed by atoms with Gasteiger partial charge in [0.15, 0.2) is 5.15 Å². The van der Waals surface area contributed by atoms with Crippen LogP contribution in [0.15, 0.2) is 41.5 Å². The zero-order valence-corrected chi connectivity index (χ0v) is 11.1. The second-order valence-corrected chi connectivity index (χ2v) is 4.16. The molecule has 0 radical (unpaired) electrons. The number of hydrogen-bond acceptors (Lipinski definition) is 4. The molecular formula is C13H13ClN2O3. The van der Waals surface area contributed by atoms with Crippen molar-refractivity contribution < 1.29 is 9.47 Å². The maximum atomic E-state index is 11.9. The first-order valence-electron chi connectivity index (χ1n) is 5.63. The van der Waals surface area contributed by atoms with E-state index in [1.165, 1.54) is 18.0 Å². The average molecular weight is 281 g/mol. The first-order valence-corrected chi connectivity index (χ1v) is 6.00. The van der Waals surface area contributed by atoms with Gasteiger partial charge in [0.05, 0.1) is 13.7 Å². The van der Waals surface area contributed by atoms with Crippen LogP contribution in [0.1, 0.15) is 5.56 Å². The highest BCUT2D eigenvalue weighted by Crippen LogP contribution is 2.14. The van der Waals surface area contributed by atoms with Crippen LogP contribution in [0.5, 0.6) is 5.75 Å². The highest BCUT2D eigenvalue weighted by molar-refractivity contribution is 6.30. The first-order chi connectivity index (χ1) is 9.22. The van der Waals surface area contributed by atoms with Gasteiger partial charge in [-0.25, -0.2) is 4.98 Å². The Morgan fingerprint density at radius 2 is 2.05 bits per heavy atom. The Bertz CT molecular complexity index is 599. The summed E-state index contributed by atoms with van der Waals surface area (Å²) in [6, 6.07) is 9.68. The zero-order valence-electron chi connectivity index (χ0n) is 10.4. The van der Waals surface area contributed by atoms with Gasteiger partial charge in [-0.1, -0.05) is 41.9 Å². The van der Waals surface area contributed by atoms with Crippen molar-refractivity contribution in [2.75, 3.05) is 7.11 Å². The zero-order chi connectivity index (χ0) is 13.7. The molecule has 0 aliphatic carbocycles. The van der Waals surface area contributed by atoms with Gasteiger partial charge >= 0.3 is 0 Å². The fourth-order valence-corrected chi connectivity index (χ4v) is 1.75. The van der Waals surface area contributed by atoms with Gasteiger partial charge in [0.2, 0.25) is 5.75 Å². The summed E-state index contributed by atoms with van der Waals surface area (Å²) in [6.45, 7) is 0.506. The molecule has 0 N–H and O–H groups in total. The number of methoxy groups -OCH3 is 1. The minimum absolute atomic E-state index is 0.0208. The van der Waals surface area contributed by atoms with Crippen LogP contribution in [-0.4, -0.2) is 16.7 Å². The molecule has 0 saturated heterocycles. The molecular weight excluding hydrogens is 268 g/mol. The molecule has 0 amide bonds. The second kappa shape index (κ2) is 6.36. The van der Waals surface area contributed by atoms with Gasteiger partial charge < -0.3 is 9.47 Å². The number of hydrogen-bond donors (Lipinski definition) is 0. The number of aromatic nitrogens is 2. The highest BCUT2D eigenvalue weighted by atomic mass is 35.5. The van der Waals surface area contributed by atoms with Crippen LogP contribution < -0.4 is 10.3 Å². The largest absolute Gasteiger partial charge is 0.489 e. The molecule has 19 heavy (non-hydrogen) atoms. The van der Waals surface area contributed by atoms with Crippen LogP contribution in [0.25, 0.3) is 0 Å². The van der Waals surface area contributed by atoms with Gasteiger partial charge in [-0.15, -0.1) is 0 Å². The monoisotopic (exact) mass is 280 g/mol. The third-order valence-corrected chi connectivity index (χ3v) is 2.77. The van der Waals surface area contributed by atoms with Crippen LogP contribution in [0.2, 0.25) is 5.15 Å². The average Bonchev–Trinajstić information content (AvgIpc) is 2.43. The molecule has 0 aliphatic rings. The van der Waals surface area contributed by atoms with Crippen LogP contribution >= 0.6 is 11.6 Å². The Morgan fingerprint density at radius 1 is 1.32 bits per heavy atom. The molecule has 0 aliphatic heterocycles. The standard InChI is InChI=1S/C13H13ClN2O3/c1-18-11-12(14)15-8-16(13(11)17)9-19-7-10-5-3-2-4-6-10/h2-6,8H,7,9H2,1H3. The van der Waals surface area contributed by atoms with Gasteiger partial charge in [-0.05, 0) is 5.56 Å². The Kier molecular flexibility index (Phi) is 4.54. The SMILES string of the molecule is COc1c(Cl)ncn(COCc2ccccc2)c1=O. The fourth-order valence-electron chi connectivity index (χ4n) is 1.55. The predicted molar refractivity (Wildman–Crippen MR) is 71.3 cm³/mol. The molecule has 0 atom stereocenters. The van der Waals surface area contributed by atoms with Crippen molar-refractivity contribution in [2.45, 2.75) is 13.3 Å². The molecule has 5 nitrogen and oxygen atoms in total. The van der Waals surface area contributed by atoms with Gasteiger partial charge in [-0.2, -0.15) is 0 Å². The summed E-state index contributed by atoms with van der Waals surface area (Å²) in [4.78, 5) is 15.8.